The number of hydrogen-bond acceptors (Lipinski definition) is 4. The van der Waals surface area contributed by atoms with E-state index in [0.717, 1.165) is 0 Å². The number of carbonyl (C=O) groups excluding carboxylic acids is 2. The average molecular weight is 382 g/mol. The maximum atomic E-state index is 12.6. The van der Waals surface area contributed by atoms with Crippen LogP contribution in [0.1, 0.15) is 29.0 Å². The van der Waals surface area contributed by atoms with Crippen molar-refractivity contribution in [1.82, 2.24) is 10.1 Å². The second-order valence-electron chi connectivity index (χ2n) is 6.04. The highest BCUT2D eigenvalue weighted by atomic mass is 35.5. The van der Waals surface area contributed by atoms with Crippen LogP contribution in [0.5, 0.6) is 0 Å². The molecule has 0 saturated carbocycles. The van der Waals surface area contributed by atoms with Crippen LogP contribution in [0.25, 0.3) is 0 Å². The van der Waals surface area contributed by atoms with E-state index in [-0.39, 0.29) is 17.7 Å². The number of likely N-dealkylation sites (tertiary alicyclic amines) is 1. The molecule has 1 saturated heterocycles. The van der Waals surface area contributed by atoms with Gasteiger partial charge >= 0.3 is 0 Å². The predicted octanol–water partition coefficient (Wildman–Crippen LogP) is 3.78. The number of nitrogens with one attached hydrogen (secondary N) is 1. The highest BCUT2D eigenvalue weighted by molar-refractivity contribution is 6.35. The number of amides is 2. The van der Waals surface area contributed by atoms with Crippen LogP contribution in [0.2, 0.25) is 10.0 Å². The van der Waals surface area contributed by atoms with Crippen molar-refractivity contribution in [2.45, 2.75) is 19.8 Å². The van der Waals surface area contributed by atoms with Crippen molar-refractivity contribution in [3.8, 4) is 0 Å². The quantitative estimate of drug-likeness (QED) is 0.877. The van der Waals surface area contributed by atoms with Crippen molar-refractivity contribution >= 4 is 40.8 Å². The third-order valence-corrected chi connectivity index (χ3v) is 4.58. The van der Waals surface area contributed by atoms with Gasteiger partial charge in [-0.2, -0.15) is 0 Å². The lowest BCUT2D eigenvalue weighted by Gasteiger charge is -2.31. The number of anilines is 1. The molecule has 8 heteroatoms. The number of nitrogens with zero attached hydrogens (tertiary/aromatic N) is 2. The van der Waals surface area contributed by atoms with E-state index in [4.69, 9.17) is 27.7 Å². The normalized spacial score (nSPS) is 15.2. The van der Waals surface area contributed by atoms with Gasteiger partial charge in [-0.05, 0) is 38.0 Å². The fourth-order valence-corrected chi connectivity index (χ4v) is 3.38. The van der Waals surface area contributed by atoms with E-state index in [0.29, 0.717) is 53.1 Å². The summed E-state index contributed by atoms with van der Waals surface area (Å²) in [6.07, 6.45) is 1.17. The van der Waals surface area contributed by atoms with Crippen LogP contribution >= 0.6 is 23.2 Å². The Kier molecular flexibility index (Phi) is 5.30. The molecule has 3 rings (SSSR count). The maximum Gasteiger partial charge on any atom is 0.253 e. The first-order valence-electron chi connectivity index (χ1n) is 7.92. The number of benzene rings is 1. The molecule has 2 amide bonds. The second kappa shape index (κ2) is 7.45. The van der Waals surface area contributed by atoms with E-state index < -0.39 is 0 Å². The number of carbonyl (C=O) groups is 2. The van der Waals surface area contributed by atoms with Crippen LogP contribution in [0.3, 0.4) is 0 Å². The van der Waals surface area contributed by atoms with Gasteiger partial charge in [0.25, 0.3) is 5.91 Å². The lowest BCUT2D eigenvalue weighted by atomic mass is 9.95. The Bertz CT molecular complexity index is 778. The van der Waals surface area contributed by atoms with Gasteiger partial charge in [-0.15, -0.1) is 0 Å². The monoisotopic (exact) mass is 381 g/mol. The molecule has 0 aliphatic carbocycles. The van der Waals surface area contributed by atoms with Gasteiger partial charge in [0.15, 0.2) is 5.82 Å². The molecule has 0 spiro atoms. The number of piperidine rings is 1. The molecule has 1 fully saturated rings. The summed E-state index contributed by atoms with van der Waals surface area (Å²) in [4.78, 5) is 26.6. The smallest absolute Gasteiger partial charge is 0.253 e. The van der Waals surface area contributed by atoms with Gasteiger partial charge in [-0.25, -0.2) is 0 Å². The Morgan fingerprint density at radius 1 is 1.16 bits per heavy atom. The molecule has 132 valence electrons. The number of rotatable bonds is 3. The topological polar surface area (TPSA) is 75.4 Å². The Morgan fingerprint density at radius 3 is 2.36 bits per heavy atom. The molecule has 1 aliphatic rings. The zero-order chi connectivity index (χ0) is 18.0. The fourth-order valence-electron chi connectivity index (χ4n) is 2.86. The third-order valence-electron chi connectivity index (χ3n) is 4.14. The predicted molar refractivity (Wildman–Crippen MR) is 95.0 cm³/mol. The van der Waals surface area contributed by atoms with Gasteiger partial charge in [-0.1, -0.05) is 28.4 Å². The van der Waals surface area contributed by atoms with Gasteiger partial charge in [-0.3, -0.25) is 9.59 Å². The minimum Gasteiger partial charge on any atom is -0.360 e. The summed E-state index contributed by atoms with van der Waals surface area (Å²) in [5.74, 6) is 0.649. The van der Waals surface area contributed by atoms with Crippen molar-refractivity contribution in [2.24, 2.45) is 5.92 Å². The molecule has 25 heavy (non-hydrogen) atoms. The molecular weight excluding hydrogens is 365 g/mol. The largest absolute Gasteiger partial charge is 0.360 e. The first-order chi connectivity index (χ1) is 11.9. The van der Waals surface area contributed by atoms with Crippen LogP contribution in [0, 0.1) is 12.8 Å². The summed E-state index contributed by atoms with van der Waals surface area (Å²) in [6, 6.07) is 6.45. The summed E-state index contributed by atoms with van der Waals surface area (Å²) in [6.45, 7) is 2.76. The minimum absolute atomic E-state index is 0.105. The van der Waals surface area contributed by atoms with E-state index in [1.54, 1.807) is 36.1 Å². The molecule has 1 aliphatic heterocycles. The fraction of sp³-hybridized carbons (Fsp3) is 0.353. The van der Waals surface area contributed by atoms with Crippen molar-refractivity contribution in [1.29, 1.82) is 0 Å². The molecule has 2 aromatic rings. The van der Waals surface area contributed by atoms with Gasteiger partial charge in [0.1, 0.15) is 5.76 Å². The molecule has 1 N–H and O–H groups in total. The van der Waals surface area contributed by atoms with Crippen molar-refractivity contribution < 1.29 is 14.1 Å². The molecule has 0 unspecified atom stereocenters. The first kappa shape index (κ1) is 17.8. The van der Waals surface area contributed by atoms with Crippen LogP contribution in [-0.4, -0.2) is 35.0 Å². The molecule has 6 nitrogen and oxygen atoms in total. The van der Waals surface area contributed by atoms with E-state index >= 15 is 0 Å². The Morgan fingerprint density at radius 2 is 1.80 bits per heavy atom. The molecule has 0 bridgehead atoms. The molecule has 2 heterocycles. The summed E-state index contributed by atoms with van der Waals surface area (Å²) in [5.41, 5.74) is 0.457. The molecule has 1 aromatic heterocycles. The molecular formula is C17H17Cl2N3O3. The van der Waals surface area contributed by atoms with Crippen molar-refractivity contribution in [3.63, 3.8) is 0 Å². The third kappa shape index (κ3) is 4.32. The second-order valence-corrected chi connectivity index (χ2v) is 6.91. The Hall–Kier alpha value is -2.05. The van der Waals surface area contributed by atoms with E-state index in [9.17, 15) is 9.59 Å². The van der Waals surface area contributed by atoms with Crippen LogP contribution in [-0.2, 0) is 4.79 Å². The standard InChI is InChI=1S/C17H17Cl2N3O3/c1-10-6-15(21-25-10)20-16(23)11-2-4-22(5-3-11)17(24)12-7-13(18)9-14(19)8-12/h6-9,11H,2-5H2,1H3,(H,20,21,23). The van der Waals surface area contributed by atoms with E-state index in [2.05, 4.69) is 10.5 Å². The molecule has 1 aromatic carbocycles. The summed E-state index contributed by atoms with van der Waals surface area (Å²) < 4.78 is 4.93. The van der Waals surface area contributed by atoms with Crippen LogP contribution in [0.15, 0.2) is 28.8 Å². The zero-order valence-electron chi connectivity index (χ0n) is 13.6. The number of halogens is 2. The average Bonchev–Trinajstić information content (AvgIpc) is 2.98. The lowest BCUT2D eigenvalue weighted by Crippen LogP contribution is -2.41. The highest BCUT2D eigenvalue weighted by Crippen LogP contribution is 2.24. The van der Waals surface area contributed by atoms with Crippen molar-refractivity contribution in [2.75, 3.05) is 18.4 Å². The van der Waals surface area contributed by atoms with Gasteiger partial charge < -0.3 is 14.7 Å². The Labute approximate surface area is 155 Å². The Balaban J connectivity index is 1.57. The van der Waals surface area contributed by atoms with Crippen LogP contribution < -0.4 is 5.32 Å². The van der Waals surface area contributed by atoms with Crippen molar-refractivity contribution in [3.05, 3.63) is 45.6 Å². The molecule has 0 radical (unpaired) electrons. The van der Waals surface area contributed by atoms with Gasteiger partial charge in [0, 0.05) is 40.7 Å². The van der Waals surface area contributed by atoms with Crippen LogP contribution in [0.4, 0.5) is 5.82 Å². The highest BCUT2D eigenvalue weighted by Gasteiger charge is 2.28. The summed E-state index contributed by atoms with van der Waals surface area (Å²) in [7, 11) is 0. The SMILES string of the molecule is Cc1cc(NC(=O)C2CCN(C(=O)c3cc(Cl)cc(Cl)c3)CC2)no1. The maximum absolute atomic E-state index is 12.6. The summed E-state index contributed by atoms with van der Waals surface area (Å²) >= 11 is 11.9. The number of hydrogen-bond donors (Lipinski definition) is 1. The van der Waals surface area contributed by atoms with E-state index in [1.165, 1.54) is 0 Å². The van der Waals surface area contributed by atoms with E-state index in [1.807, 2.05) is 0 Å². The molecule has 0 atom stereocenters. The van der Waals surface area contributed by atoms with Gasteiger partial charge in [0.05, 0.1) is 0 Å². The summed E-state index contributed by atoms with van der Waals surface area (Å²) in [5, 5.41) is 7.34. The minimum atomic E-state index is -0.163. The number of aryl methyl sites for hydroxylation is 1. The lowest BCUT2D eigenvalue weighted by molar-refractivity contribution is -0.121. The van der Waals surface area contributed by atoms with Gasteiger partial charge in [0.2, 0.25) is 5.91 Å². The first-order valence-corrected chi connectivity index (χ1v) is 8.67. The number of aromatic nitrogens is 1. The zero-order valence-corrected chi connectivity index (χ0v) is 15.1.